The summed E-state index contributed by atoms with van der Waals surface area (Å²) in [5.41, 5.74) is -0.559. The van der Waals surface area contributed by atoms with Crippen LogP contribution in [0.3, 0.4) is 0 Å². The maximum Gasteiger partial charge on any atom is 0.355 e. The number of aliphatic hydroxyl groups is 4. The lowest BCUT2D eigenvalue weighted by molar-refractivity contribution is 0.0583. The predicted molar refractivity (Wildman–Crippen MR) is 95.0 cm³/mol. The van der Waals surface area contributed by atoms with Crippen LogP contribution in [0.2, 0.25) is 0 Å². The highest BCUT2D eigenvalue weighted by molar-refractivity contribution is 5.99. The number of H-pyrrole nitrogens is 1. The molecule has 0 fully saturated rings. The molecule has 2 aromatic rings. The molecule has 0 saturated carbocycles. The Hall–Kier alpha value is -2.66. The molecule has 0 aliphatic carbocycles. The van der Waals surface area contributed by atoms with Gasteiger partial charge in [-0.1, -0.05) is 12.1 Å². The van der Waals surface area contributed by atoms with E-state index in [1.54, 1.807) is 0 Å². The van der Waals surface area contributed by atoms with E-state index in [0.29, 0.717) is 5.56 Å². The number of aliphatic hydroxyl groups excluding tert-OH is 4. The fourth-order valence-electron chi connectivity index (χ4n) is 3.04. The van der Waals surface area contributed by atoms with Crippen LogP contribution in [0.4, 0.5) is 8.78 Å². The van der Waals surface area contributed by atoms with Crippen molar-refractivity contribution in [2.45, 2.75) is 26.2 Å². The van der Waals surface area contributed by atoms with Gasteiger partial charge in [0, 0.05) is 11.8 Å². The van der Waals surface area contributed by atoms with E-state index in [1.165, 1.54) is 12.1 Å². The Bertz CT molecular complexity index is 879. The first-order valence-electron chi connectivity index (χ1n) is 8.14. The maximum atomic E-state index is 13.9. The van der Waals surface area contributed by atoms with E-state index >= 15 is 0 Å². The molecule has 8 nitrogen and oxygen atoms in total. The van der Waals surface area contributed by atoms with Crippen molar-refractivity contribution in [1.82, 2.24) is 4.98 Å². The molecule has 0 spiro atoms. The Morgan fingerprint density at radius 2 is 1.86 bits per heavy atom. The van der Waals surface area contributed by atoms with Crippen LogP contribution in [0, 0.1) is 0 Å². The number of rotatable bonds is 8. The first-order chi connectivity index (χ1) is 13.4. The van der Waals surface area contributed by atoms with Crippen LogP contribution < -0.4 is 0 Å². The Morgan fingerprint density at radius 3 is 2.36 bits per heavy atom. The minimum absolute atomic E-state index is 0.0138. The van der Waals surface area contributed by atoms with E-state index in [1.807, 2.05) is 0 Å². The molecule has 0 aliphatic rings. The number of halogens is 2. The van der Waals surface area contributed by atoms with Gasteiger partial charge in [0.05, 0.1) is 38.2 Å². The molecule has 0 unspecified atom stereocenters. The number of aromatic amines is 1. The van der Waals surface area contributed by atoms with E-state index in [9.17, 15) is 28.9 Å². The highest BCUT2D eigenvalue weighted by Crippen LogP contribution is 2.40. The SMILES string of the molecule is COC(=O)c1[nH]c(C=NCO)c(-c2ccc(CO)c(CO)c2CO)c1C(F)F. The summed E-state index contributed by atoms with van der Waals surface area (Å²) in [5, 5.41) is 37.8. The first-order valence-corrected chi connectivity index (χ1v) is 8.14. The van der Waals surface area contributed by atoms with Crippen molar-refractivity contribution in [2.24, 2.45) is 4.99 Å². The van der Waals surface area contributed by atoms with Crippen molar-refractivity contribution in [1.29, 1.82) is 0 Å². The Kier molecular flexibility index (Phi) is 7.35. The number of hydrogen-bond donors (Lipinski definition) is 5. The third-order valence-electron chi connectivity index (χ3n) is 4.26. The van der Waals surface area contributed by atoms with Crippen LogP contribution in [-0.2, 0) is 24.6 Å². The number of nitrogens with one attached hydrogen (secondary N) is 1. The predicted octanol–water partition coefficient (Wildman–Crippen LogP) is 1.25. The molecule has 0 saturated heterocycles. The van der Waals surface area contributed by atoms with Gasteiger partial charge in [-0.3, -0.25) is 4.99 Å². The molecule has 1 heterocycles. The molecule has 1 aromatic carbocycles. The maximum absolute atomic E-state index is 13.9. The fourth-order valence-corrected chi connectivity index (χ4v) is 3.04. The zero-order valence-corrected chi connectivity index (χ0v) is 14.9. The summed E-state index contributed by atoms with van der Waals surface area (Å²) in [6, 6.07) is 2.82. The third-order valence-corrected chi connectivity index (χ3v) is 4.26. The number of hydrogen-bond acceptors (Lipinski definition) is 7. The summed E-state index contributed by atoms with van der Waals surface area (Å²) in [6.07, 6.45) is -2.01. The van der Waals surface area contributed by atoms with E-state index < -0.39 is 50.2 Å². The highest BCUT2D eigenvalue weighted by Gasteiger charge is 2.30. The topological polar surface area (TPSA) is 135 Å². The van der Waals surface area contributed by atoms with Gasteiger partial charge in [-0.05, 0) is 22.3 Å². The minimum atomic E-state index is -3.08. The molecule has 0 amide bonds. The van der Waals surface area contributed by atoms with Gasteiger partial charge in [0.1, 0.15) is 12.4 Å². The van der Waals surface area contributed by atoms with Crippen LogP contribution in [0.25, 0.3) is 11.1 Å². The molecule has 5 N–H and O–H groups in total. The van der Waals surface area contributed by atoms with Crippen LogP contribution in [0.15, 0.2) is 17.1 Å². The second-order valence-electron chi connectivity index (χ2n) is 5.65. The standard InChI is InChI=1S/C18H20F2N2O6/c1-28-18(27)16-15(17(19)20)14(13(22-16)4-21-8-26)10-3-2-9(5-23)11(6-24)12(10)7-25/h2-4,17,22-26H,5-8H2,1H3. The first kappa shape index (κ1) is 21.6. The smallest absolute Gasteiger partial charge is 0.355 e. The third kappa shape index (κ3) is 3.94. The van der Waals surface area contributed by atoms with Crippen LogP contribution in [0.1, 0.15) is 44.9 Å². The highest BCUT2D eigenvalue weighted by atomic mass is 19.3. The van der Waals surface area contributed by atoms with Crippen LogP contribution >= 0.6 is 0 Å². The van der Waals surface area contributed by atoms with Gasteiger partial charge < -0.3 is 30.1 Å². The summed E-state index contributed by atoms with van der Waals surface area (Å²) < 4.78 is 32.3. The number of ether oxygens (including phenoxy) is 1. The fraction of sp³-hybridized carbons (Fsp3) is 0.333. The molecule has 28 heavy (non-hydrogen) atoms. The molecule has 1 aromatic heterocycles. The summed E-state index contributed by atoms with van der Waals surface area (Å²) in [7, 11) is 1.04. The van der Waals surface area contributed by atoms with Gasteiger partial charge in [0.2, 0.25) is 0 Å². The molecule has 0 aliphatic heterocycles. The number of carbonyl (C=O) groups excluding carboxylic acids is 1. The summed E-state index contributed by atoms with van der Waals surface area (Å²) >= 11 is 0. The second kappa shape index (κ2) is 9.51. The molecular weight excluding hydrogens is 378 g/mol. The van der Waals surface area contributed by atoms with Gasteiger partial charge in [-0.15, -0.1) is 0 Å². The number of alkyl halides is 2. The molecule has 0 bridgehead atoms. The number of aromatic nitrogens is 1. The lowest BCUT2D eigenvalue weighted by Crippen LogP contribution is -2.07. The van der Waals surface area contributed by atoms with Gasteiger partial charge in [-0.25, -0.2) is 13.6 Å². The Morgan fingerprint density at radius 1 is 1.18 bits per heavy atom. The lowest BCUT2D eigenvalue weighted by Gasteiger charge is -2.16. The van der Waals surface area contributed by atoms with Crippen molar-refractivity contribution >= 4 is 12.2 Å². The van der Waals surface area contributed by atoms with Crippen molar-refractivity contribution in [3.05, 3.63) is 45.8 Å². The molecular formula is C18H20F2N2O6. The average Bonchev–Trinajstić information content (AvgIpc) is 3.09. The summed E-state index contributed by atoms with van der Waals surface area (Å²) in [5.74, 6) is -1.03. The van der Waals surface area contributed by atoms with Gasteiger partial charge >= 0.3 is 5.97 Å². The zero-order valence-electron chi connectivity index (χ0n) is 14.9. The zero-order chi connectivity index (χ0) is 20.8. The number of aliphatic imine (C=N–C) groups is 1. The second-order valence-corrected chi connectivity index (χ2v) is 5.65. The van der Waals surface area contributed by atoms with Gasteiger partial charge in [0.25, 0.3) is 6.43 Å². The number of carbonyl (C=O) groups is 1. The van der Waals surface area contributed by atoms with E-state index in [2.05, 4.69) is 14.7 Å². The number of benzene rings is 1. The van der Waals surface area contributed by atoms with Gasteiger partial charge in [-0.2, -0.15) is 0 Å². The van der Waals surface area contributed by atoms with Crippen molar-refractivity contribution < 1.29 is 38.7 Å². The normalized spacial score (nSPS) is 11.6. The Labute approximate surface area is 158 Å². The van der Waals surface area contributed by atoms with Crippen LogP contribution in [0.5, 0.6) is 0 Å². The minimum Gasteiger partial charge on any atom is -0.464 e. The van der Waals surface area contributed by atoms with Crippen molar-refractivity contribution in [3.8, 4) is 11.1 Å². The molecule has 0 atom stereocenters. The molecule has 152 valence electrons. The van der Waals surface area contributed by atoms with Crippen molar-refractivity contribution in [2.75, 3.05) is 13.8 Å². The monoisotopic (exact) mass is 398 g/mol. The molecule has 2 rings (SSSR count). The quantitative estimate of drug-likeness (QED) is 0.336. The van der Waals surface area contributed by atoms with E-state index in [0.717, 1.165) is 13.3 Å². The number of esters is 1. The largest absolute Gasteiger partial charge is 0.464 e. The van der Waals surface area contributed by atoms with Gasteiger partial charge in [0.15, 0.2) is 0 Å². The Balaban J connectivity index is 2.92. The molecule has 0 radical (unpaired) electrons. The lowest BCUT2D eigenvalue weighted by atomic mass is 9.90. The van der Waals surface area contributed by atoms with E-state index in [4.69, 9.17) is 5.11 Å². The summed E-state index contributed by atoms with van der Waals surface area (Å²) in [6.45, 7) is -2.20. The number of methoxy groups -OCH3 is 1. The average molecular weight is 398 g/mol. The van der Waals surface area contributed by atoms with Crippen LogP contribution in [-0.4, -0.2) is 51.4 Å². The van der Waals surface area contributed by atoms with Crippen molar-refractivity contribution in [3.63, 3.8) is 0 Å². The number of nitrogens with zero attached hydrogens (tertiary/aromatic N) is 1. The molecule has 10 heteroatoms. The van der Waals surface area contributed by atoms with E-state index in [-0.39, 0.29) is 27.9 Å². The summed E-state index contributed by atoms with van der Waals surface area (Å²) in [4.78, 5) is 18.1.